The van der Waals surface area contributed by atoms with E-state index in [1.54, 1.807) is 12.1 Å². The summed E-state index contributed by atoms with van der Waals surface area (Å²) in [5.74, 6) is 0.324. The van der Waals surface area contributed by atoms with Gasteiger partial charge in [0.15, 0.2) is 0 Å². The van der Waals surface area contributed by atoms with Gasteiger partial charge in [0.1, 0.15) is 5.58 Å². The predicted octanol–water partition coefficient (Wildman–Crippen LogP) is 3.29. The fraction of sp³-hybridized carbons (Fsp3) is 0.550. The number of ether oxygens (including phenoxy) is 1. The van der Waals surface area contributed by atoms with Gasteiger partial charge in [-0.25, -0.2) is 0 Å². The number of nitrogens with zero attached hydrogens (tertiary/aromatic N) is 1. The van der Waals surface area contributed by atoms with E-state index >= 15 is 0 Å². The summed E-state index contributed by atoms with van der Waals surface area (Å²) in [5.41, 5.74) is 7.32. The number of benzene rings is 1. The Labute approximate surface area is 164 Å². The maximum absolute atomic E-state index is 12.7. The molecule has 1 atom stereocenters. The van der Waals surface area contributed by atoms with Crippen molar-refractivity contribution in [2.75, 3.05) is 38.5 Å². The van der Waals surface area contributed by atoms with E-state index in [9.17, 15) is 4.79 Å². The normalized spacial score (nSPS) is 21.7. The fourth-order valence-corrected chi connectivity index (χ4v) is 4.29. The number of carbonyl (C=O) groups is 1. The Morgan fingerprint density at radius 3 is 2.89 bits per heavy atom. The molecule has 6 nitrogen and oxygen atoms in total. The van der Waals surface area contributed by atoms with E-state index in [0.29, 0.717) is 45.8 Å². The summed E-state index contributed by atoms with van der Waals surface area (Å²) in [6.45, 7) is 4.74. The summed E-state index contributed by atoms with van der Waals surface area (Å²) in [7, 11) is 0. The molecule has 4 rings (SSSR count). The number of nitrogens with one attached hydrogen (secondary N) is 1. The second kappa shape index (κ2) is 8.09. The number of fused-ring (bicyclic) bond motifs is 1. The Balaban J connectivity index is 1.30. The van der Waals surface area contributed by atoms with Crippen molar-refractivity contribution in [3.05, 3.63) is 29.0 Å². The molecule has 7 heteroatoms. The molecule has 0 radical (unpaired) electrons. The number of likely N-dealkylation sites (tertiary alicyclic amines) is 1. The van der Waals surface area contributed by atoms with Crippen molar-refractivity contribution in [1.29, 1.82) is 0 Å². The Kier molecular flexibility index (Phi) is 5.57. The third-order valence-electron chi connectivity index (χ3n) is 5.72. The van der Waals surface area contributed by atoms with Crippen LogP contribution in [0.1, 0.15) is 36.0 Å². The van der Waals surface area contributed by atoms with Crippen molar-refractivity contribution in [2.24, 2.45) is 5.92 Å². The van der Waals surface area contributed by atoms with E-state index in [1.807, 2.05) is 0 Å². The highest BCUT2D eigenvalue weighted by Crippen LogP contribution is 2.32. The topological polar surface area (TPSA) is 80.7 Å². The summed E-state index contributed by atoms with van der Waals surface area (Å²) in [6, 6.07) is 3.32. The second-order valence-electron chi connectivity index (χ2n) is 7.57. The van der Waals surface area contributed by atoms with Gasteiger partial charge in [-0.1, -0.05) is 11.6 Å². The molecular weight excluding hydrogens is 366 g/mol. The molecule has 2 saturated heterocycles. The molecule has 1 aromatic heterocycles. The molecule has 0 saturated carbocycles. The van der Waals surface area contributed by atoms with Gasteiger partial charge in [0.25, 0.3) is 5.91 Å². The van der Waals surface area contributed by atoms with Crippen LogP contribution in [0.3, 0.4) is 0 Å². The first-order valence-corrected chi connectivity index (χ1v) is 10.1. The third-order valence-corrected chi connectivity index (χ3v) is 6.03. The molecule has 3 heterocycles. The Morgan fingerprint density at radius 2 is 2.15 bits per heavy atom. The number of rotatable bonds is 5. The van der Waals surface area contributed by atoms with Crippen molar-refractivity contribution in [3.8, 4) is 0 Å². The fourth-order valence-electron chi connectivity index (χ4n) is 4.08. The number of amides is 1. The molecule has 27 heavy (non-hydrogen) atoms. The summed E-state index contributed by atoms with van der Waals surface area (Å²) in [5, 5.41) is 4.09. The molecule has 0 aliphatic carbocycles. The third kappa shape index (κ3) is 4.08. The number of nitrogen functional groups attached to an aromatic ring is 1. The maximum atomic E-state index is 12.7. The monoisotopic (exact) mass is 391 g/mol. The minimum atomic E-state index is -0.168. The quantitative estimate of drug-likeness (QED) is 0.764. The maximum Gasteiger partial charge on any atom is 0.255 e. The first kappa shape index (κ1) is 18.6. The molecule has 2 fully saturated rings. The van der Waals surface area contributed by atoms with Crippen molar-refractivity contribution in [2.45, 2.75) is 31.8 Å². The highest BCUT2D eigenvalue weighted by molar-refractivity contribution is 6.35. The van der Waals surface area contributed by atoms with Crippen LogP contribution in [0.2, 0.25) is 5.02 Å². The largest absolute Gasteiger partial charge is 0.463 e. The standard InChI is InChI=1S/C20H26ClN3O3/c21-17-10-16(19-15(18(17)22)5-9-27-19)20(25)23-11-13-3-6-24(7-4-13)12-14-2-1-8-26-14/h5,9-10,13-14H,1-4,6-8,11-12,22H2,(H,23,25)/t14-/m1/s1. The zero-order chi connectivity index (χ0) is 18.8. The Bertz CT molecular complexity index is 808. The minimum absolute atomic E-state index is 0.168. The molecule has 2 aliphatic rings. The molecule has 0 bridgehead atoms. The van der Waals surface area contributed by atoms with Gasteiger partial charge in [0.05, 0.1) is 28.6 Å². The van der Waals surface area contributed by atoms with Gasteiger partial charge in [-0.3, -0.25) is 4.79 Å². The first-order valence-electron chi connectivity index (χ1n) is 9.69. The Morgan fingerprint density at radius 1 is 1.33 bits per heavy atom. The molecule has 2 aliphatic heterocycles. The van der Waals surface area contributed by atoms with Crippen LogP contribution >= 0.6 is 11.6 Å². The van der Waals surface area contributed by atoms with Gasteiger partial charge in [-0.05, 0) is 56.8 Å². The lowest BCUT2D eigenvalue weighted by Crippen LogP contribution is -2.41. The van der Waals surface area contributed by atoms with E-state index in [4.69, 9.17) is 26.5 Å². The van der Waals surface area contributed by atoms with Gasteiger partial charge in [0, 0.05) is 25.1 Å². The Hall–Kier alpha value is -1.76. The number of carbonyl (C=O) groups excluding carboxylic acids is 1. The zero-order valence-electron chi connectivity index (χ0n) is 15.4. The number of hydrogen-bond acceptors (Lipinski definition) is 5. The minimum Gasteiger partial charge on any atom is -0.463 e. The molecule has 2 aromatic rings. The molecular formula is C20H26ClN3O3. The molecule has 1 amide bonds. The zero-order valence-corrected chi connectivity index (χ0v) is 16.1. The number of halogens is 1. The van der Waals surface area contributed by atoms with Crippen LogP contribution in [-0.2, 0) is 4.74 Å². The highest BCUT2D eigenvalue weighted by atomic mass is 35.5. The molecule has 0 unspecified atom stereocenters. The van der Waals surface area contributed by atoms with Gasteiger partial charge < -0.3 is 25.1 Å². The van der Waals surface area contributed by atoms with Crippen LogP contribution in [0, 0.1) is 5.92 Å². The van der Waals surface area contributed by atoms with E-state index in [1.165, 1.54) is 19.1 Å². The number of hydrogen-bond donors (Lipinski definition) is 2. The van der Waals surface area contributed by atoms with Gasteiger partial charge in [0.2, 0.25) is 0 Å². The van der Waals surface area contributed by atoms with Crippen LogP contribution in [0.5, 0.6) is 0 Å². The lowest BCUT2D eigenvalue weighted by atomic mass is 9.96. The van der Waals surface area contributed by atoms with Crippen molar-refractivity contribution < 1.29 is 13.9 Å². The number of nitrogens with two attached hydrogens (primary N) is 1. The van der Waals surface area contributed by atoms with Crippen LogP contribution in [0.4, 0.5) is 5.69 Å². The predicted molar refractivity (Wildman–Crippen MR) is 106 cm³/mol. The van der Waals surface area contributed by atoms with Crippen LogP contribution in [-0.4, -0.2) is 49.7 Å². The van der Waals surface area contributed by atoms with Gasteiger partial charge in [-0.15, -0.1) is 0 Å². The first-order chi connectivity index (χ1) is 13.1. The van der Waals surface area contributed by atoms with Crippen molar-refractivity contribution >= 4 is 34.2 Å². The summed E-state index contributed by atoms with van der Waals surface area (Å²) in [4.78, 5) is 15.1. The van der Waals surface area contributed by atoms with Gasteiger partial charge in [-0.2, -0.15) is 0 Å². The van der Waals surface area contributed by atoms with Gasteiger partial charge >= 0.3 is 0 Å². The van der Waals surface area contributed by atoms with Crippen molar-refractivity contribution in [1.82, 2.24) is 10.2 Å². The average molecular weight is 392 g/mol. The van der Waals surface area contributed by atoms with E-state index < -0.39 is 0 Å². The molecule has 146 valence electrons. The molecule has 0 spiro atoms. The second-order valence-corrected chi connectivity index (χ2v) is 7.98. The lowest BCUT2D eigenvalue weighted by Gasteiger charge is -2.33. The average Bonchev–Trinajstić information content (AvgIpc) is 3.36. The highest BCUT2D eigenvalue weighted by Gasteiger charge is 2.25. The number of piperidine rings is 1. The van der Waals surface area contributed by atoms with Crippen LogP contribution in [0.25, 0.3) is 11.0 Å². The summed E-state index contributed by atoms with van der Waals surface area (Å²) >= 11 is 6.17. The molecule has 1 aromatic carbocycles. The lowest BCUT2D eigenvalue weighted by molar-refractivity contribution is 0.0595. The van der Waals surface area contributed by atoms with E-state index in [-0.39, 0.29) is 5.91 Å². The van der Waals surface area contributed by atoms with E-state index in [2.05, 4.69) is 10.2 Å². The smallest absolute Gasteiger partial charge is 0.255 e. The summed E-state index contributed by atoms with van der Waals surface area (Å²) in [6.07, 6.45) is 6.48. The number of furan rings is 1. The summed E-state index contributed by atoms with van der Waals surface area (Å²) < 4.78 is 11.2. The van der Waals surface area contributed by atoms with Crippen molar-refractivity contribution in [3.63, 3.8) is 0 Å². The SMILES string of the molecule is Nc1c(Cl)cc(C(=O)NCC2CCN(C[C@H]3CCCO3)CC2)c2occc12. The molecule has 3 N–H and O–H groups in total. The van der Waals surface area contributed by atoms with E-state index in [0.717, 1.165) is 39.1 Å². The van der Waals surface area contributed by atoms with Crippen LogP contribution in [0.15, 0.2) is 22.8 Å². The number of anilines is 1. The van der Waals surface area contributed by atoms with Crippen LogP contribution < -0.4 is 11.1 Å².